The van der Waals surface area contributed by atoms with Gasteiger partial charge in [0.05, 0.1) is 16.3 Å². The van der Waals surface area contributed by atoms with E-state index in [1.165, 1.54) is 10.8 Å². The first kappa shape index (κ1) is 40.1. The Morgan fingerprint density at radius 3 is 2.42 bits per heavy atom. The van der Waals surface area contributed by atoms with Crippen molar-refractivity contribution in [2.45, 2.75) is 76.1 Å². The number of piperidine rings is 2. The second kappa shape index (κ2) is 15.8. The van der Waals surface area contributed by atoms with Crippen LogP contribution >= 0.6 is 11.6 Å². The number of aromatic nitrogens is 6. The monoisotopic (exact) mass is 832 g/mol. The van der Waals surface area contributed by atoms with Crippen molar-refractivity contribution in [3.63, 3.8) is 0 Å². The molecule has 8 rings (SSSR count). The van der Waals surface area contributed by atoms with Gasteiger partial charge < -0.3 is 29.3 Å². The van der Waals surface area contributed by atoms with Crippen molar-refractivity contribution >= 4 is 46.6 Å². The minimum atomic E-state index is -4.60. The first-order valence-electron chi connectivity index (χ1n) is 19.7. The standard InChI is InChI=1S/C41H44ClF3N10O4/c1-25-21-40(14-18-52(19-15-40)37(58)32-34(35(51(2)3)47-24-46-32)59-23-26-10-6-4-7-11-26)31-33(25)54(22-30(56)48-29-13-12-27(20-28(29)42)41(43,44)45)39-49-38(50-55(39)36(31)57)53-16-8-5-9-17-53/h4,6-7,10-13,20,24-25H,5,8-9,14-19,21-23H2,1-3H3,(H,48,56). The molecule has 18 heteroatoms. The number of carbonyl (C=O) groups is 2. The number of rotatable bonds is 9. The van der Waals surface area contributed by atoms with Gasteiger partial charge >= 0.3 is 6.18 Å². The Bertz CT molecular complexity index is 2460. The lowest BCUT2D eigenvalue weighted by Gasteiger charge is -2.39. The normalized spacial score (nSPS) is 17.6. The minimum Gasteiger partial charge on any atom is -0.483 e. The maximum atomic E-state index is 14.7. The molecule has 3 aromatic heterocycles. The summed E-state index contributed by atoms with van der Waals surface area (Å²) >= 11 is 6.21. The highest BCUT2D eigenvalue weighted by atomic mass is 35.5. The number of halogens is 4. The predicted molar refractivity (Wildman–Crippen MR) is 215 cm³/mol. The number of fused-ring (bicyclic) bond motifs is 3. The van der Waals surface area contributed by atoms with Crippen molar-refractivity contribution < 1.29 is 27.5 Å². The summed E-state index contributed by atoms with van der Waals surface area (Å²) in [7, 11) is 3.63. The van der Waals surface area contributed by atoms with Gasteiger partial charge in [-0.05, 0) is 68.2 Å². The SMILES string of the molecule is CC1CC2(CCN(C(=O)c3ncnc(N(C)C)c3OCc3ccccc3)CC2)c2c1n(CC(=O)Nc1ccc(C(F)(F)F)cc1Cl)c1nc(N3CCCCC3)nn1c2=O. The van der Waals surface area contributed by atoms with Crippen LogP contribution in [-0.4, -0.2) is 86.1 Å². The number of hydrogen-bond donors (Lipinski definition) is 1. The number of nitrogens with zero attached hydrogens (tertiary/aromatic N) is 9. The zero-order valence-electron chi connectivity index (χ0n) is 32.9. The molecule has 1 aliphatic carbocycles. The molecule has 1 atom stereocenters. The second-order valence-electron chi connectivity index (χ2n) is 15.8. The zero-order valence-corrected chi connectivity index (χ0v) is 33.7. The molecule has 1 unspecified atom stereocenters. The van der Waals surface area contributed by atoms with Gasteiger partial charge in [0, 0.05) is 56.9 Å². The van der Waals surface area contributed by atoms with Gasteiger partial charge in [0.15, 0.2) is 17.3 Å². The molecular formula is C41H44ClF3N10O4. The van der Waals surface area contributed by atoms with Gasteiger partial charge in [-0.2, -0.15) is 22.7 Å². The maximum Gasteiger partial charge on any atom is 0.416 e. The molecule has 2 fully saturated rings. The number of benzene rings is 2. The Morgan fingerprint density at radius 2 is 1.75 bits per heavy atom. The molecule has 14 nitrogen and oxygen atoms in total. The molecule has 3 aliphatic rings. The van der Waals surface area contributed by atoms with Crippen molar-refractivity contribution in [2.75, 3.05) is 55.4 Å². The fourth-order valence-electron chi connectivity index (χ4n) is 8.81. The summed E-state index contributed by atoms with van der Waals surface area (Å²) in [5.74, 6) is 0.268. The summed E-state index contributed by atoms with van der Waals surface area (Å²) in [6.07, 6.45) is 1.24. The summed E-state index contributed by atoms with van der Waals surface area (Å²) in [4.78, 5) is 61.9. The molecule has 0 bridgehead atoms. The maximum absolute atomic E-state index is 14.7. The van der Waals surface area contributed by atoms with E-state index < -0.39 is 23.1 Å². The number of nitrogens with one attached hydrogen (secondary N) is 1. The molecule has 5 aromatic rings. The molecule has 2 saturated heterocycles. The zero-order chi connectivity index (χ0) is 41.6. The van der Waals surface area contributed by atoms with E-state index in [0.29, 0.717) is 55.4 Å². The Balaban J connectivity index is 1.11. The van der Waals surface area contributed by atoms with Crippen LogP contribution in [0.15, 0.2) is 59.7 Å². The van der Waals surface area contributed by atoms with Crippen molar-refractivity contribution in [1.82, 2.24) is 34.0 Å². The van der Waals surface area contributed by atoms with Crippen molar-refractivity contribution in [2.24, 2.45) is 0 Å². The highest BCUT2D eigenvalue weighted by molar-refractivity contribution is 6.33. The summed E-state index contributed by atoms with van der Waals surface area (Å²) in [5, 5.41) is 7.11. The van der Waals surface area contributed by atoms with Crippen LogP contribution in [0.2, 0.25) is 5.02 Å². The van der Waals surface area contributed by atoms with Crippen LogP contribution in [-0.2, 0) is 29.5 Å². The third-order valence-corrected chi connectivity index (χ3v) is 11.9. The van der Waals surface area contributed by atoms with E-state index in [0.717, 1.165) is 56.1 Å². The fourth-order valence-corrected chi connectivity index (χ4v) is 9.04. The van der Waals surface area contributed by atoms with E-state index in [9.17, 15) is 27.6 Å². The molecule has 2 aliphatic heterocycles. The molecule has 310 valence electrons. The van der Waals surface area contributed by atoms with Crippen LogP contribution in [0.1, 0.15) is 84.2 Å². The highest BCUT2D eigenvalue weighted by Gasteiger charge is 2.49. The van der Waals surface area contributed by atoms with Crippen LogP contribution in [0.3, 0.4) is 0 Å². The molecule has 1 N–H and O–H groups in total. The van der Waals surface area contributed by atoms with E-state index in [4.69, 9.17) is 26.4 Å². The summed E-state index contributed by atoms with van der Waals surface area (Å²) in [6.45, 7) is 4.01. The van der Waals surface area contributed by atoms with Crippen molar-refractivity contribution in [3.05, 3.63) is 98.3 Å². The van der Waals surface area contributed by atoms with E-state index in [1.54, 1.807) is 14.4 Å². The quantitative estimate of drug-likeness (QED) is 0.180. The van der Waals surface area contributed by atoms with Crippen LogP contribution in [0.25, 0.3) is 5.78 Å². The molecular weight excluding hydrogens is 789 g/mol. The number of likely N-dealkylation sites (tertiary alicyclic amines) is 1. The molecule has 5 heterocycles. The first-order chi connectivity index (χ1) is 28.2. The fraction of sp³-hybridized carbons (Fsp3) is 0.439. The molecule has 2 amide bonds. The summed E-state index contributed by atoms with van der Waals surface area (Å²) < 4.78 is 49.2. The number of ether oxygens (including phenoxy) is 1. The number of carbonyl (C=O) groups excluding carboxylic acids is 2. The van der Waals surface area contributed by atoms with Gasteiger partial charge in [-0.15, -0.1) is 5.10 Å². The van der Waals surface area contributed by atoms with E-state index >= 15 is 0 Å². The average molecular weight is 833 g/mol. The molecule has 59 heavy (non-hydrogen) atoms. The highest BCUT2D eigenvalue weighted by Crippen LogP contribution is 2.50. The third-order valence-electron chi connectivity index (χ3n) is 11.6. The largest absolute Gasteiger partial charge is 0.483 e. The number of amides is 2. The number of anilines is 3. The Labute approximate surface area is 343 Å². The summed E-state index contributed by atoms with van der Waals surface area (Å²) in [6, 6.07) is 12.3. The van der Waals surface area contributed by atoms with Crippen LogP contribution in [0.4, 0.5) is 30.6 Å². The Morgan fingerprint density at radius 1 is 1.02 bits per heavy atom. The van der Waals surface area contributed by atoms with Crippen LogP contribution in [0.5, 0.6) is 5.75 Å². The van der Waals surface area contributed by atoms with E-state index in [1.807, 2.05) is 56.3 Å². The number of hydrogen-bond acceptors (Lipinski definition) is 10. The van der Waals surface area contributed by atoms with Crippen molar-refractivity contribution in [1.29, 1.82) is 0 Å². The topological polar surface area (TPSA) is 143 Å². The smallest absolute Gasteiger partial charge is 0.416 e. The average Bonchev–Trinajstić information content (AvgIpc) is 3.79. The first-order valence-corrected chi connectivity index (χ1v) is 20.1. The lowest BCUT2D eigenvalue weighted by atomic mass is 9.73. The third kappa shape index (κ3) is 7.67. The second-order valence-corrected chi connectivity index (χ2v) is 16.2. The van der Waals surface area contributed by atoms with Gasteiger partial charge in [0.25, 0.3) is 11.5 Å². The summed E-state index contributed by atoms with van der Waals surface area (Å²) in [5.41, 5.74) is 0.367. The van der Waals surface area contributed by atoms with Gasteiger partial charge in [0.1, 0.15) is 19.5 Å². The minimum absolute atomic E-state index is 0.0189. The van der Waals surface area contributed by atoms with Gasteiger partial charge in [0.2, 0.25) is 17.6 Å². The lowest BCUT2D eigenvalue weighted by Crippen LogP contribution is -2.47. The van der Waals surface area contributed by atoms with Gasteiger partial charge in [-0.1, -0.05) is 48.9 Å². The van der Waals surface area contributed by atoms with Crippen LogP contribution < -0.4 is 25.4 Å². The molecule has 0 saturated carbocycles. The van der Waals surface area contributed by atoms with Crippen LogP contribution in [0, 0.1) is 0 Å². The van der Waals surface area contributed by atoms with E-state index in [-0.39, 0.29) is 58.5 Å². The Kier molecular flexibility index (Phi) is 10.7. The molecule has 2 aromatic carbocycles. The van der Waals surface area contributed by atoms with E-state index in [2.05, 4.69) is 15.3 Å². The Hall–Kier alpha value is -5.71. The predicted octanol–water partition coefficient (Wildman–Crippen LogP) is 6.31. The lowest BCUT2D eigenvalue weighted by molar-refractivity contribution is -0.137. The van der Waals surface area contributed by atoms with Crippen molar-refractivity contribution in [3.8, 4) is 5.75 Å². The van der Waals surface area contributed by atoms with Gasteiger partial charge in [-0.3, -0.25) is 14.4 Å². The number of alkyl halides is 3. The molecule has 0 radical (unpaired) electrons. The molecule has 1 spiro atoms. The van der Waals surface area contributed by atoms with Gasteiger partial charge in [-0.25, -0.2) is 9.97 Å².